The molecule has 0 amide bonds. The number of nitrogens with zero attached hydrogens (tertiary/aromatic N) is 2. The Bertz CT molecular complexity index is 504. The van der Waals surface area contributed by atoms with Crippen LogP contribution in [-0.4, -0.2) is 23.1 Å². The van der Waals surface area contributed by atoms with Crippen LogP contribution in [0.15, 0.2) is 0 Å². The van der Waals surface area contributed by atoms with Crippen molar-refractivity contribution >= 4 is 11.6 Å². The lowest BCUT2D eigenvalue weighted by Crippen LogP contribution is -2.20. The number of hydrogen-bond donors (Lipinski definition) is 2. The van der Waals surface area contributed by atoms with Crippen LogP contribution in [-0.2, 0) is 6.42 Å². The van der Waals surface area contributed by atoms with Gasteiger partial charge in [0.1, 0.15) is 17.5 Å². The highest BCUT2D eigenvalue weighted by molar-refractivity contribution is 5.57. The summed E-state index contributed by atoms with van der Waals surface area (Å²) in [5.74, 6) is 3.97. The van der Waals surface area contributed by atoms with Crippen LogP contribution in [0.2, 0.25) is 0 Å². The molecule has 3 rings (SSSR count). The first-order chi connectivity index (χ1) is 10.2. The van der Waals surface area contributed by atoms with Crippen LogP contribution in [0, 0.1) is 18.3 Å². The second kappa shape index (κ2) is 5.82. The fraction of sp³-hybridized carbons (Fsp3) is 0.765. The SMILES string of the molecule is CCCc1nc(NCC)c(C)c(NCC2(C3CC3)CC2)n1. The van der Waals surface area contributed by atoms with Gasteiger partial charge in [0.15, 0.2) is 0 Å². The number of aryl methyl sites for hydroxylation is 1. The van der Waals surface area contributed by atoms with Crippen molar-refractivity contribution in [2.75, 3.05) is 23.7 Å². The fourth-order valence-corrected chi connectivity index (χ4v) is 3.26. The Morgan fingerprint density at radius 3 is 2.29 bits per heavy atom. The minimum absolute atomic E-state index is 0.598. The van der Waals surface area contributed by atoms with E-state index in [0.717, 1.165) is 54.9 Å². The van der Waals surface area contributed by atoms with Gasteiger partial charge in [-0.2, -0.15) is 0 Å². The normalized spacial score (nSPS) is 19.4. The van der Waals surface area contributed by atoms with Gasteiger partial charge in [0, 0.05) is 25.1 Å². The first-order valence-electron chi connectivity index (χ1n) is 8.54. The van der Waals surface area contributed by atoms with E-state index in [-0.39, 0.29) is 0 Å². The van der Waals surface area contributed by atoms with Crippen molar-refractivity contribution in [2.24, 2.45) is 11.3 Å². The molecule has 1 aromatic heterocycles. The van der Waals surface area contributed by atoms with Crippen molar-refractivity contribution < 1.29 is 0 Å². The summed E-state index contributed by atoms with van der Waals surface area (Å²) in [4.78, 5) is 9.41. The molecule has 0 atom stereocenters. The molecule has 2 saturated carbocycles. The smallest absolute Gasteiger partial charge is 0.134 e. The predicted octanol–water partition coefficient (Wildman–Crippen LogP) is 3.77. The quantitative estimate of drug-likeness (QED) is 0.764. The van der Waals surface area contributed by atoms with Crippen LogP contribution in [0.5, 0.6) is 0 Å². The summed E-state index contributed by atoms with van der Waals surface area (Å²) < 4.78 is 0. The van der Waals surface area contributed by atoms with Crippen molar-refractivity contribution in [2.45, 2.75) is 59.3 Å². The lowest BCUT2D eigenvalue weighted by molar-refractivity contribution is 0.466. The monoisotopic (exact) mass is 288 g/mol. The van der Waals surface area contributed by atoms with Gasteiger partial charge in [0.2, 0.25) is 0 Å². The van der Waals surface area contributed by atoms with Gasteiger partial charge in [-0.1, -0.05) is 6.92 Å². The second-order valence-electron chi connectivity index (χ2n) is 6.73. The molecule has 0 bridgehead atoms. The zero-order valence-corrected chi connectivity index (χ0v) is 13.6. The highest BCUT2D eigenvalue weighted by Gasteiger charge is 2.53. The molecule has 0 spiro atoms. The molecular weight excluding hydrogens is 260 g/mol. The maximum atomic E-state index is 4.75. The molecular formula is C17H28N4. The van der Waals surface area contributed by atoms with Crippen molar-refractivity contribution in [1.82, 2.24) is 9.97 Å². The summed E-state index contributed by atoms with van der Waals surface area (Å²) in [6.45, 7) is 8.39. The standard InChI is InChI=1S/C17H28N4/c1-4-6-14-20-15(18-5-2)12(3)16(21-14)19-11-17(9-10-17)13-7-8-13/h13H,4-11H2,1-3H3,(H2,18,19,20,21). The van der Waals surface area contributed by atoms with Crippen LogP contribution in [0.25, 0.3) is 0 Å². The summed E-state index contributed by atoms with van der Waals surface area (Å²) >= 11 is 0. The zero-order chi connectivity index (χ0) is 14.9. The molecule has 4 nitrogen and oxygen atoms in total. The van der Waals surface area contributed by atoms with E-state index >= 15 is 0 Å². The molecule has 21 heavy (non-hydrogen) atoms. The molecule has 116 valence electrons. The van der Waals surface area contributed by atoms with Gasteiger partial charge in [-0.3, -0.25) is 0 Å². The van der Waals surface area contributed by atoms with Crippen LogP contribution in [0.1, 0.15) is 57.3 Å². The van der Waals surface area contributed by atoms with E-state index < -0.39 is 0 Å². The van der Waals surface area contributed by atoms with Crippen LogP contribution >= 0.6 is 0 Å². The average molecular weight is 288 g/mol. The molecule has 2 aliphatic carbocycles. The number of aromatic nitrogens is 2. The van der Waals surface area contributed by atoms with E-state index in [2.05, 4.69) is 36.4 Å². The third kappa shape index (κ3) is 3.14. The Morgan fingerprint density at radius 2 is 1.76 bits per heavy atom. The van der Waals surface area contributed by atoms with Crippen molar-refractivity contribution in [3.05, 3.63) is 11.4 Å². The number of nitrogens with one attached hydrogen (secondary N) is 2. The van der Waals surface area contributed by atoms with Crippen molar-refractivity contribution in [3.8, 4) is 0 Å². The summed E-state index contributed by atoms with van der Waals surface area (Å²) in [7, 11) is 0. The van der Waals surface area contributed by atoms with Gasteiger partial charge in [0.25, 0.3) is 0 Å². The van der Waals surface area contributed by atoms with Crippen LogP contribution in [0.4, 0.5) is 11.6 Å². The van der Waals surface area contributed by atoms with Crippen LogP contribution in [0.3, 0.4) is 0 Å². The van der Waals surface area contributed by atoms with Gasteiger partial charge in [-0.25, -0.2) is 9.97 Å². The molecule has 0 aromatic carbocycles. The summed E-state index contributed by atoms with van der Waals surface area (Å²) in [5.41, 5.74) is 1.75. The Balaban J connectivity index is 1.75. The fourth-order valence-electron chi connectivity index (χ4n) is 3.26. The summed E-state index contributed by atoms with van der Waals surface area (Å²) in [5, 5.41) is 7.02. The first kappa shape index (κ1) is 14.6. The lowest BCUT2D eigenvalue weighted by Gasteiger charge is -2.18. The minimum Gasteiger partial charge on any atom is -0.370 e. The van der Waals surface area contributed by atoms with E-state index in [1.807, 2.05) is 0 Å². The third-order valence-electron chi connectivity index (χ3n) is 4.95. The van der Waals surface area contributed by atoms with Crippen molar-refractivity contribution in [1.29, 1.82) is 0 Å². The molecule has 2 N–H and O–H groups in total. The van der Waals surface area contributed by atoms with E-state index in [1.54, 1.807) is 0 Å². The highest BCUT2D eigenvalue weighted by Crippen LogP contribution is 2.61. The van der Waals surface area contributed by atoms with E-state index in [4.69, 9.17) is 4.98 Å². The van der Waals surface area contributed by atoms with Gasteiger partial charge < -0.3 is 10.6 Å². The van der Waals surface area contributed by atoms with Crippen molar-refractivity contribution in [3.63, 3.8) is 0 Å². The zero-order valence-electron chi connectivity index (χ0n) is 13.6. The molecule has 2 fully saturated rings. The maximum Gasteiger partial charge on any atom is 0.134 e. The Hall–Kier alpha value is -1.32. The predicted molar refractivity (Wildman–Crippen MR) is 87.8 cm³/mol. The molecule has 1 aromatic rings. The molecule has 2 aliphatic rings. The van der Waals surface area contributed by atoms with Gasteiger partial charge in [-0.05, 0) is 57.3 Å². The molecule has 1 heterocycles. The van der Waals surface area contributed by atoms with E-state index in [9.17, 15) is 0 Å². The second-order valence-corrected chi connectivity index (χ2v) is 6.73. The number of hydrogen-bond acceptors (Lipinski definition) is 4. The van der Waals surface area contributed by atoms with Gasteiger partial charge in [-0.15, -0.1) is 0 Å². The number of anilines is 2. The summed E-state index contributed by atoms with van der Waals surface area (Å²) in [6, 6.07) is 0. The van der Waals surface area contributed by atoms with Gasteiger partial charge >= 0.3 is 0 Å². The molecule has 0 radical (unpaired) electrons. The minimum atomic E-state index is 0.598. The van der Waals surface area contributed by atoms with E-state index in [1.165, 1.54) is 25.7 Å². The Kier molecular flexibility index (Phi) is 4.05. The Labute approximate surface area is 128 Å². The number of rotatable bonds is 8. The van der Waals surface area contributed by atoms with Gasteiger partial charge in [0.05, 0.1) is 0 Å². The highest BCUT2D eigenvalue weighted by atomic mass is 15.1. The average Bonchev–Trinajstić information content (AvgIpc) is 3.34. The third-order valence-corrected chi connectivity index (χ3v) is 4.95. The first-order valence-corrected chi connectivity index (χ1v) is 8.54. The van der Waals surface area contributed by atoms with E-state index in [0.29, 0.717) is 5.41 Å². The molecule has 4 heteroatoms. The molecule has 0 saturated heterocycles. The molecule has 0 aliphatic heterocycles. The topological polar surface area (TPSA) is 49.8 Å². The summed E-state index contributed by atoms with van der Waals surface area (Å²) in [6.07, 6.45) is 7.71. The Morgan fingerprint density at radius 1 is 1.10 bits per heavy atom. The molecule has 0 unspecified atom stereocenters. The lowest BCUT2D eigenvalue weighted by atomic mass is 10.0. The largest absolute Gasteiger partial charge is 0.370 e. The van der Waals surface area contributed by atoms with Crippen LogP contribution < -0.4 is 10.6 Å². The maximum absolute atomic E-state index is 4.75.